The Hall–Kier alpha value is -2.01. The van der Waals surface area contributed by atoms with Crippen LogP contribution in [0.2, 0.25) is 0 Å². The summed E-state index contributed by atoms with van der Waals surface area (Å²) in [4.78, 5) is 37.1. The number of nitrogens with zero attached hydrogens (tertiary/aromatic N) is 1. The van der Waals surface area contributed by atoms with E-state index in [0.29, 0.717) is 23.3 Å². The van der Waals surface area contributed by atoms with Gasteiger partial charge in [-0.2, -0.15) is 0 Å². The number of carbonyl (C=O) groups excluding carboxylic acids is 3. The number of hydrogen-bond acceptors (Lipinski definition) is 4. The number of ketones is 1. The van der Waals surface area contributed by atoms with Crippen LogP contribution in [0.4, 0.5) is 0 Å². The summed E-state index contributed by atoms with van der Waals surface area (Å²) in [5, 5.41) is 0. The number of fused-ring (bicyclic) bond motifs is 1. The average molecular weight is 273 g/mol. The Morgan fingerprint density at radius 1 is 1.35 bits per heavy atom. The predicted molar refractivity (Wildman–Crippen MR) is 70.6 cm³/mol. The first-order chi connectivity index (χ1) is 9.58. The lowest BCUT2D eigenvalue weighted by Gasteiger charge is -2.23. The third-order valence-electron chi connectivity index (χ3n) is 3.87. The van der Waals surface area contributed by atoms with Crippen LogP contribution < -0.4 is 0 Å². The summed E-state index contributed by atoms with van der Waals surface area (Å²) in [6, 6.07) is 4.96. The molecular weight excluding hydrogens is 258 g/mol. The van der Waals surface area contributed by atoms with Gasteiger partial charge in [-0.25, -0.2) is 0 Å². The lowest BCUT2D eigenvalue weighted by molar-refractivity contribution is -0.127. The number of rotatable bonds is 2. The third-order valence-corrected chi connectivity index (χ3v) is 3.87. The molecule has 1 aromatic carbocycles. The maximum Gasteiger partial charge on any atom is 0.260 e. The van der Waals surface area contributed by atoms with E-state index < -0.39 is 6.10 Å². The van der Waals surface area contributed by atoms with Gasteiger partial charge in [-0.3, -0.25) is 19.3 Å². The summed E-state index contributed by atoms with van der Waals surface area (Å²) < 4.78 is 5.38. The minimum Gasteiger partial charge on any atom is -0.370 e. The standard InChI is InChI=1S/C15H15NO4/c1-16-13(17)8-9-4-5-10(7-11(9)15(16)19)14(18)12-3-2-6-20-12/h4-5,7,12H,2-3,6,8H2,1H3. The lowest BCUT2D eigenvalue weighted by Crippen LogP contribution is -2.39. The van der Waals surface area contributed by atoms with Crippen LogP contribution in [0.1, 0.15) is 39.1 Å². The van der Waals surface area contributed by atoms with Crippen LogP contribution in [0.5, 0.6) is 0 Å². The smallest absolute Gasteiger partial charge is 0.260 e. The maximum absolute atomic E-state index is 12.3. The van der Waals surface area contributed by atoms with E-state index in [2.05, 4.69) is 0 Å². The fourth-order valence-electron chi connectivity index (χ4n) is 2.63. The van der Waals surface area contributed by atoms with Gasteiger partial charge in [0.25, 0.3) is 5.91 Å². The molecule has 1 atom stereocenters. The van der Waals surface area contributed by atoms with Gasteiger partial charge in [0.1, 0.15) is 6.10 Å². The first kappa shape index (κ1) is 13.0. The van der Waals surface area contributed by atoms with Crippen LogP contribution in [0.15, 0.2) is 18.2 Å². The van der Waals surface area contributed by atoms with Crippen LogP contribution in [0, 0.1) is 0 Å². The maximum atomic E-state index is 12.3. The van der Waals surface area contributed by atoms with E-state index in [4.69, 9.17) is 4.74 Å². The van der Waals surface area contributed by atoms with E-state index in [0.717, 1.165) is 17.7 Å². The van der Waals surface area contributed by atoms with Gasteiger partial charge in [0.2, 0.25) is 5.91 Å². The molecule has 0 radical (unpaired) electrons. The second-order valence-corrected chi connectivity index (χ2v) is 5.17. The number of Topliss-reactive ketones (excluding diaryl/α,β-unsaturated/α-hetero) is 1. The highest BCUT2D eigenvalue weighted by molar-refractivity contribution is 6.11. The quantitative estimate of drug-likeness (QED) is 0.600. The van der Waals surface area contributed by atoms with Crippen LogP contribution >= 0.6 is 0 Å². The molecule has 0 saturated carbocycles. The van der Waals surface area contributed by atoms with E-state index in [-0.39, 0.29) is 24.0 Å². The van der Waals surface area contributed by atoms with E-state index in [1.54, 1.807) is 18.2 Å². The van der Waals surface area contributed by atoms with Crippen molar-refractivity contribution in [3.63, 3.8) is 0 Å². The number of amides is 2. The van der Waals surface area contributed by atoms with Crippen molar-refractivity contribution in [1.29, 1.82) is 0 Å². The highest BCUT2D eigenvalue weighted by Gasteiger charge is 2.30. The van der Waals surface area contributed by atoms with Crippen LogP contribution in [-0.4, -0.2) is 42.3 Å². The Labute approximate surface area is 116 Å². The molecule has 2 heterocycles. The van der Waals surface area contributed by atoms with E-state index in [9.17, 15) is 14.4 Å². The number of ether oxygens (including phenoxy) is 1. The molecule has 0 aromatic heterocycles. The zero-order chi connectivity index (χ0) is 14.3. The molecular formula is C15H15NO4. The lowest BCUT2D eigenvalue weighted by atomic mass is 9.94. The van der Waals surface area contributed by atoms with E-state index >= 15 is 0 Å². The zero-order valence-corrected chi connectivity index (χ0v) is 11.2. The van der Waals surface area contributed by atoms with Crippen molar-refractivity contribution >= 4 is 17.6 Å². The molecule has 0 spiro atoms. The van der Waals surface area contributed by atoms with Gasteiger partial charge in [0.15, 0.2) is 5.78 Å². The van der Waals surface area contributed by atoms with Gasteiger partial charge in [-0.15, -0.1) is 0 Å². The molecule has 3 rings (SSSR count). The number of imide groups is 1. The summed E-state index contributed by atoms with van der Waals surface area (Å²) in [6.07, 6.45) is 1.41. The zero-order valence-electron chi connectivity index (χ0n) is 11.2. The molecule has 5 nitrogen and oxygen atoms in total. The van der Waals surface area contributed by atoms with Gasteiger partial charge in [0, 0.05) is 24.8 Å². The molecule has 1 fully saturated rings. The third kappa shape index (κ3) is 2.04. The summed E-state index contributed by atoms with van der Waals surface area (Å²) in [5.41, 5.74) is 1.60. The van der Waals surface area contributed by atoms with Gasteiger partial charge >= 0.3 is 0 Å². The van der Waals surface area contributed by atoms with Crippen LogP contribution in [0.25, 0.3) is 0 Å². The van der Waals surface area contributed by atoms with Crippen LogP contribution in [-0.2, 0) is 16.0 Å². The molecule has 1 unspecified atom stereocenters. The number of benzene rings is 1. The van der Waals surface area contributed by atoms with Gasteiger partial charge in [-0.1, -0.05) is 12.1 Å². The van der Waals surface area contributed by atoms with Crippen molar-refractivity contribution in [2.75, 3.05) is 13.7 Å². The summed E-state index contributed by atoms with van der Waals surface area (Å²) in [7, 11) is 1.46. The van der Waals surface area contributed by atoms with Crippen molar-refractivity contribution in [2.45, 2.75) is 25.4 Å². The molecule has 0 bridgehead atoms. The molecule has 0 N–H and O–H groups in total. The molecule has 104 valence electrons. The molecule has 2 amide bonds. The van der Waals surface area contributed by atoms with Crippen molar-refractivity contribution in [3.8, 4) is 0 Å². The fraction of sp³-hybridized carbons (Fsp3) is 0.400. The Kier molecular flexibility index (Phi) is 3.14. The highest BCUT2D eigenvalue weighted by atomic mass is 16.5. The van der Waals surface area contributed by atoms with Gasteiger partial charge in [-0.05, 0) is 24.5 Å². The Balaban J connectivity index is 1.94. The Morgan fingerprint density at radius 2 is 2.15 bits per heavy atom. The fourth-order valence-corrected chi connectivity index (χ4v) is 2.63. The number of likely N-dealkylation sites (N-methyl/N-ethyl adjacent to an activating group) is 1. The molecule has 20 heavy (non-hydrogen) atoms. The predicted octanol–water partition coefficient (Wildman–Crippen LogP) is 1.20. The summed E-state index contributed by atoms with van der Waals surface area (Å²) in [6.45, 7) is 0.609. The summed E-state index contributed by atoms with van der Waals surface area (Å²) >= 11 is 0. The van der Waals surface area contributed by atoms with E-state index in [1.165, 1.54) is 7.05 Å². The van der Waals surface area contributed by atoms with Gasteiger partial charge < -0.3 is 4.74 Å². The van der Waals surface area contributed by atoms with Gasteiger partial charge in [0.05, 0.1) is 6.42 Å². The number of hydrogen-bond donors (Lipinski definition) is 0. The first-order valence-corrected chi connectivity index (χ1v) is 6.67. The summed E-state index contributed by atoms with van der Waals surface area (Å²) in [5.74, 6) is -0.656. The first-order valence-electron chi connectivity index (χ1n) is 6.67. The Bertz CT molecular complexity index is 602. The monoisotopic (exact) mass is 273 g/mol. The molecule has 1 saturated heterocycles. The Morgan fingerprint density at radius 3 is 2.85 bits per heavy atom. The number of carbonyl (C=O) groups is 3. The topological polar surface area (TPSA) is 63.7 Å². The minimum atomic E-state index is -0.397. The van der Waals surface area contributed by atoms with Crippen molar-refractivity contribution < 1.29 is 19.1 Å². The minimum absolute atomic E-state index is 0.0855. The molecule has 5 heteroatoms. The van der Waals surface area contributed by atoms with Crippen molar-refractivity contribution in [3.05, 3.63) is 34.9 Å². The van der Waals surface area contributed by atoms with Crippen molar-refractivity contribution in [1.82, 2.24) is 4.90 Å². The molecule has 2 aliphatic rings. The molecule has 0 aliphatic carbocycles. The largest absolute Gasteiger partial charge is 0.370 e. The van der Waals surface area contributed by atoms with E-state index in [1.807, 2.05) is 0 Å². The second-order valence-electron chi connectivity index (χ2n) is 5.17. The molecule has 2 aliphatic heterocycles. The van der Waals surface area contributed by atoms with Crippen molar-refractivity contribution in [2.24, 2.45) is 0 Å². The highest BCUT2D eigenvalue weighted by Crippen LogP contribution is 2.23. The second kappa shape index (κ2) is 4.83. The average Bonchev–Trinajstić information content (AvgIpc) is 2.98. The van der Waals surface area contributed by atoms with Crippen LogP contribution in [0.3, 0.4) is 0 Å². The normalized spacial score (nSPS) is 22.1. The molecule has 1 aromatic rings. The SMILES string of the molecule is CN1C(=O)Cc2ccc(C(=O)C3CCCO3)cc2C1=O.